The van der Waals surface area contributed by atoms with Gasteiger partial charge in [-0.1, -0.05) is 43.0 Å². The van der Waals surface area contributed by atoms with E-state index in [0.29, 0.717) is 33.9 Å². The Morgan fingerprint density at radius 2 is 1.93 bits per heavy atom. The predicted octanol–water partition coefficient (Wildman–Crippen LogP) is 4.13. The number of benzene rings is 2. The molecule has 0 radical (unpaired) electrons. The van der Waals surface area contributed by atoms with E-state index in [4.69, 9.17) is 0 Å². The molecule has 0 saturated heterocycles. The van der Waals surface area contributed by atoms with Crippen LogP contribution in [-0.2, 0) is 11.3 Å². The van der Waals surface area contributed by atoms with Gasteiger partial charge in [0.1, 0.15) is 0 Å². The normalized spacial score (nSPS) is 12.0. The zero-order chi connectivity index (χ0) is 21.0. The smallest absolute Gasteiger partial charge is 0.262 e. The number of Topliss-reactive ketones (excluding diaryl/α,β-unsaturated/α-hetero) is 1. The monoisotopic (exact) mass is 409 g/mol. The van der Waals surface area contributed by atoms with E-state index in [9.17, 15) is 14.4 Å². The summed E-state index contributed by atoms with van der Waals surface area (Å²) in [5, 5.41) is 3.45. The van der Waals surface area contributed by atoms with Crippen LogP contribution >= 0.6 is 11.8 Å². The Balaban J connectivity index is 1.85. The number of carbonyl (C=O) groups is 2. The molecule has 1 amide bonds. The third-order valence-electron chi connectivity index (χ3n) is 4.46. The molecule has 2 aromatic carbocycles. The minimum Gasteiger partial charge on any atom is -0.325 e. The van der Waals surface area contributed by atoms with Crippen molar-refractivity contribution >= 4 is 40.0 Å². The van der Waals surface area contributed by atoms with Gasteiger partial charge in [0, 0.05) is 17.8 Å². The number of nitrogens with one attached hydrogen (secondary N) is 1. The van der Waals surface area contributed by atoms with Crippen LogP contribution in [0.3, 0.4) is 0 Å². The van der Waals surface area contributed by atoms with Crippen LogP contribution in [0.2, 0.25) is 0 Å². The van der Waals surface area contributed by atoms with Crippen molar-refractivity contribution in [2.45, 2.75) is 44.1 Å². The standard InChI is InChI=1S/C22H23N3O3S/c1-4-12-25-21(28)18-10-5-6-11-19(18)24-22(25)29-15(3)20(27)23-17-9-7-8-16(13-17)14(2)26/h5-11,13,15H,4,12H2,1-3H3,(H,23,27)/t15-/m0/s1. The quantitative estimate of drug-likeness (QED) is 0.360. The number of amides is 1. The molecule has 3 rings (SSSR count). The van der Waals surface area contributed by atoms with E-state index < -0.39 is 5.25 Å². The summed E-state index contributed by atoms with van der Waals surface area (Å²) in [5.74, 6) is -0.284. The summed E-state index contributed by atoms with van der Waals surface area (Å²) in [7, 11) is 0. The van der Waals surface area contributed by atoms with Crippen LogP contribution in [0.15, 0.2) is 58.5 Å². The molecule has 7 heteroatoms. The predicted molar refractivity (Wildman–Crippen MR) is 117 cm³/mol. The van der Waals surface area contributed by atoms with Crippen LogP contribution in [0, 0.1) is 0 Å². The maximum absolute atomic E-state index is 12.9. The highest BCUT2D eigenvalue weighted by molar-refractivity contribution is 8.00. The van der Waals surface area contributed by atoms with Gasteiger partial charge in [0.25, 0.3) is 5.56 Å². The number of anilines is 1. The summed E-state index contributed by atoms with van der Waals surface area (Å²) in [5.41, 5.74) is 1.62. The molecule has 1 atom stereocenters. The Morgan fingerprint density at radius 1 is 1.17 bits per heavy atom. The van der Waals surface area contributed by atoms with Gasteiger partial charge in [0.05, 0.1) is 16.2 Å². The van der Waals surface area contributed by atoms with Gasteiger partial charge in [-0.3, -0.25) is 19.0 Å². The van der Waals surface area contributed by atoms with Gasteiger partial charge in [-0.15, -0.1) is 0 Å². The molecule has 0 fully saturated rings. The molecule has 0 unspecified atom stereocenters. The number of para-hydroxylation sites is 1. The van der Waals surface area contributed by atoms with Crippen LogP contribution in [-0.4, -0.2) is 26.5 Å². The van der Waals surface area contributed by atoms with Crippen LogP contribution in [0.5, 0.6) is 0 Å². The number of carbonyl (C=O) groups excluding carboxylic acids is 2. The Hall–Kier alpha value is -2.93. The van der Waals surface area contributed by atoms with Crippen LogP contribution in [0.1, 0.15) is 37.6 Å². The van der Waals surface area contributed by atoms with Gasteiger partial charge >= 0.3 is 0 Å². The molecule has 0 spiro atoms. The molecule has 0 aliphatic rings. The maximum Gasteiger partial charge on any atom is 0.262 e. The number of rotatable bonds is 7. The lowest BCUT2D eigenvalue weighted by Gasteiger charge is -2.16. The highest BCUT2D eigenvalue weighted by Gasteiger charge is 2.19. The molecule has 0 aliphatic carbocycles. The number of thioether (sulfide) groups is 1. The zero-order valence-electron chi connectivity index (χ0n) is 16.6. The van der Waals surface area contributed by atoms with E-state index in [1.165, 1.54) is 18.7 Å². The van der Waals surface area contributed by atoms with Crippen molar-refractivity contribution in [3.8, 4) is 0 Å². The fourth-order valence-electron chi connectivity index (χ4n) is 2.93. The van der Waals surface area contributed by atoms with Gasteiger partial charge < -0.3 is 5.32 Å². The van der Waals surface area contributed by atoms with Crippen LogP contribution in [0.4, 0.5) is 5.69 Å². The molecular formula is C22H23N3O3S. The minimum absolute atomic E-state index is 0.0625. The number of fused-ring (bicyclic) bond motifs is 1. The van der Waals surface area contributed by atoms with Crippen LogP contribution in [0.25, 0.3) is 10.9 Å². The highest BCUT2D eigenvalue weighted by atomic mass is 32.2. The zero-order valence-corrected chi connectivity index (χ0v) is 17.5. The van der Waals surface area contributed by atoms with Gasteiger partial charge in [-0.05, 0) is 44.5 Å². The second-order valence-corrected chi connectivity index (χ2v) is 8.06. The fraction of sp³-hybridized carbons (Fsp3) is 0.273. The van der Waals surface area contributed by atoms with Crippen molar-refractivity contribution in [2.24, 2.45) is 0 Å². The second kappa shape index (κ2) is 9.05. The Labute approximate surface area is 173 Å². The van der Waals surface area contributed by atoms with Crippen molar-refractivity contribution in [3.63, 3.8) is 0 Å². The molecule has 1 aromatic heterocycles. The first-order valence-corrected chi connectivity index (χ1v) is 10.4. The summed E-state index contributed by atoms with van der Waals surface area (Å²) in [6.07, 6.45) is 0.784. The summed E-state index contributed by atoms with van der Waals surface area (Å²) >= 11 is 1.25. The molecule has 0 saturated carbocycles. The first kappa shape index (κ1) is 20.8. The Bertz CT molecular complexity index is 1120. The third kappa shape index (κ3) is 4.74. The highest BCUT2D eigenvalue weighted by Crippen LogP contribution is 2.24. The van der Waals surface area contributed by atoms with E-state index in [1.807, 2.05) is 19.1 Å². The van der Waals surface area contributed by atoms with E-state index in [-0.39, 0.29) is 17.2 Å². The molecule has 29 heavy (non-hydrogen) atoms. The van der Waals surface area contributed by atoms with Crippen molar-refractivity contribution in [3.05, 3.63) is 64.4 Å². The van der Waals surface area contributed by atoms with Crippen LogP contribution < -0.4 is 10.9 Å². The number of ketones is 1. The first-order chi connectivity index (χ1) is 13.9. The van der Waals surface area contributed by atoms with Gasteiger partial charge in [0.15, 0.2) is 10.9 Å². The van der Waals surface area contributed by atoms with Gasteiger partial charge in [0.2, 0.25) is 5.91 Å². The largest absolute Gasteiger partial charge is 0.325 e. The van der Waals surface area contributed by atoms with E-state index in [0.717, 1.165) is 6.42 Å². The van der Waals surface area contributed by atoms with Crippen molar-refractivity contribution in [1.82, 2.24) is 9.55 Å². The average Bonchev–Trinajstić information content (AvgIpc) is 2.71. The summed E-state index contributed by atoms with van der Waals surface area (Å²) in [6.45, 7) is 5.78. The van der Waals surface area contributed by atoms with E-state index >= 15 is 0 Å². The molecule has 6 nitrogen and oxygen atoms in total. The molecular weight excluding hydrogens is 386 g/mol. The Morgan fingerprint density at radius 3 is 2.66 bits per heavy atom. The third-order valence-corrected chi connectivity index (χ3v) is 5.55. The van der Waals surface area contributed by atoms with Crippen molar-refractivity contribution in [1.29, 1.82) is 0 Å². The maximum atomic E-state index is 12.9. The number of aromatic nitrogens is 2. The molecule has 1 heterocycles. The minimum atomic E-state index is -0.479. The molecule has 0 bridgehead atoms. The van der Waals surface area contributed by atoms with Crippen molar-refractivity contribution < 1.29 is 9.59 Å². The number of hydrogen-bond acceptors (Lipinski definition) is 5. The fourth-order valence-corrected chi connectivity index (χ4v) is 3.86. The average molecular weight is 410 g/mol. The van der Waals surface area contributed by atoms with Gasteiger partial charge in [-0.2, -0.15) is 0 Å². The number of hydrogen-bond donors (Lipinski definition) is 1. The molecule has 150 valence electrons. The lowest BCUT2D eigenvalue weighted by atomic mass is 10.1. The molecule has 3 aromatic rings. The lowest BCUT2D eigenvalue weighted by Crippen LogP contribution is -2.27. The topological polar surface area (TPSA) is 81.1 Å². The summed E-state index contributed by atoms with van der Waals surface area (Å²) < 4.78 is 1.63. The van der Waals surface area contributed by atoms with Crippen molar-refractivity contribution in [2.75, 3.05) is 5.32 Å². The molecule has 1 N–H and O–H groups in total. The summed E-state index contributed by atoms with van der Waals surface area (Å²) in [6, 6.07) is 14.1. The first-order valence-electron chi connectivity index (χ1n) is 9.48. The second-order valence-electron chi connectivity index (χ2n) is 6.75. The van der Waals surface area contributed by atoms with E-state index in [1.54, 1.807) is 47.9 Å². The SMILES string of the molecule is CCCn1c(S[C@@H](C)C(=O)Nc2cccc(C(C)=O)c2)nc2ccccc2c1=O. The summed E-state index contributed by atoms with van der Waals surface area (Å²) in [4.78, 5) is 41.7. The number of nitrogens with zero attached hydrogens (tertiary/aromatic N) is 2. The van der Waals surface area contributed by atoms with Gasteiger partial charge in [-0.25, -0.2) is 4.98 Å². The van der Waals surface area contributed by atoms with E-state index in [2.05, 4.69) is 10.3 Å². The molecule has 0 aliphatic heterocycles. The Kier molecular flexibility index (Phi) is 6.49. The lowest BCUT2D eigenvalue weighted by molar-refractivity contribution is -0.115.